The van der Waals surface area contributed by atoms with Crippen LogP contribution in [0.2, 0.25) is 0 Å². The minimum atomic E-state index is -3.46. The monoisotopic (exact) mass is 355 g/mol. The zero-order chi connectivity index (χ0) is 17.7. The standard InChI is InChI=1S/C16H25N3O4S/c1-4-9-19-13-6-5-11(24(22,23)17-16(2)7-8-16)10-12(13)14(20)18(3)15(19)21/h4,11-13,17H,1,5-10H2,2-3H3. The predicted molar refractivity (Wildman–Crippen MR) is 89.7 cm³/mol. The number of carbonyl (C=O) groups excluding carboxylic acids is 2. The number of rotatable bonds is 5. The first kappa shape index (κ1) is 17.4. The average Bonchev–Trinajstić information content (AvgIpc) is 3.25. The van der Waals surface area contributed by atoms with Crippen molar-refractivity contribution < 1.29 is 18.0 Å². The molecule has 134 valence electrons. The van der Waals surface area contributed by atoms with Gasteiger partial charge in [-0.05, 0) is 39.0 Å². The first-order valence-electron chi connectivity index (χ1n) is 8.40. The van der Waals surface area contributed by atoms with Crippen LogP contribution >= 0.6 is 0 Å². The summed E-state index contributed by atoms with van der Waals surface area (Å²) in [5.41, 5.74) is -0.312. The van der Waals surface area contributed by atoms with Gasteiger partial charge < -0.3 is 4.90 Å². The molecule has 3 atom stereocenters. The molecule has 3 unspecified atom stereocenters. The second kappa shape index (κ2) is 5.84. The molecule has 7 nitrogen and oxygen atoms in total. The summed E-state index contributed by atoms with van der Waals surface area (Å²) in [7, 11) is -2.00. The average molecular weight is 355 g/mol. The number of fused-ring (bicyclic) bond motifs is 1. The Bertz CT molecular complexity index is 671. The van der Waals surface area contributed by atoms with E-state index in [1.54, 1.807) is 11.0 Å². The van der Waals surface area contributed by atoms with E-state index in [2.05, 4.69) is 11.3 Å². The van der Waals surface area contributed by atoms with Crippen LogP contribution in [0, 0.1) is 5.92 Å². The van der Waals surface area contributed by atoms with Gasteiger partial charge in [-0.2, -0.15) is 0 Å². The molecule has 8 heteroatoms. The van der Waals surface area contributed by atoms with Gasteiger partial charge in [-0.15, -0.1) is 6.58 Å². The zero-order valence-electron chi connectivity index (χ0n) is 14.2. The number of amides is 3. The minimum absolute atomic E-state index is 0.234. The van der Waals surface area contributed by atoms with Crippen molar-refractivity contribution in [2.24, 2.45) is 5.92 Å². The van der Waals surface area contributed by atoms with Crippen molar-refractivity contribution in [2.75, 3.05) is 13.6 Å². The summed E-state index contributed by atoms with van der Waals surface area (Å²) in [4.78, 5) is 27.6. The van der Waals surface area contributed by atoms with Crippen molar-refractivity contribution in [1.82, 2.24) is 14.5 Å². The molecule has 3 rings (SSSR count). The van der Waals surface area contributed by atoms with Crippen molar-refractivity contribution in [2.45, 2.75) is 55.9 Å². The van der Waals surface area contributed by atoms with Crippen LogP contribution in [-0.4, -0.2) is 60.6 Å². The fraction of sp³-hybridized carbons (Fsp3) is 0.750. The maximum atomic E-state index is 12.6. The Hall–Kier alpha value is -1.41. The Kier molecular flexibility index (Phi) is 4.24. The lowest BCUT2D eigenvalue weighted by Crippen LogP contribution is -2.63. The quantitative estimate of drug-likeness (QED) is 0.748. The molecule has 1 saturated heterocycles. The number of nitrogens with one attached hydrogen (secondary N) is 1. The van der Waals surface area contributed by atoms with Gasteiger partial charge in [0.1, 0.15) is 0 Å². The Morgan fingerprint density at radius 2 is 2.00 bits per heavy atom. The van der Waals surface area contributed by atoms with Gasteiger partial charge in [-0.1, -0.05) is 6.08 Å². The van der Waals surface area contributed by atoms with Crippen LogP contribution in [0.25, 0.3) is 0 Å². The Morgan fingerprint density at radius 1 is 1.33 bits per heavy atom. The summed E-state index contributed by atoms with van der Waals surface area (Å²) < 4.78 is 28.1. The lowest BCUT2D eigenvalue weighted by molar-refractivity contribution is -0.138. The first-order chi connectivity index (χ1) is 11.2. The lowest BCUT2D eigenvalue weighted by Gasteiger charge is -2.47. The molecule has 2 saturated carbocycles. The van der Waals surface area contributed by atoms with E-state index < -0.39 is 21.2 Å². The predicted octanol–water partition coefficient (Wildman–Crippen LogP) is 1.08. The van der Waals surface area contributed by atoms with Crippen molar-refractivity contribution in [3.05, 3.63) is 12.7 Å². The molecular formula is C16H25N3O4S. The van der Waals surface area contributed by atoms with Crippen LogP contribution in [-0.2, 0) is 14.8 Å². The van der Waals surface area contributed by atoms with Gasteiger partial charge in [0.2, 0.25) is 15.9 Å². The molecule has 3 fully saturated rings. The van der Waals surface area contributed by atoms with E-state index in [1.165, 1.54) is 7.05 Å². The molecule has 3 aliphatic rings. The molecule has 24 heavy (non-hydrogen) atoms. The Morgan fingerprint density at radius 3 is 2.58 bits per heavy atom. The van der Waals surface area contributed by atoms with Crippen molar-refractivity contribution in [3.8, 4) is 0 Å². The lowest BCUT2D eigenvalue weighted by atomic mass is 9.81. The number of hydrogen-bond donors (Lipinski definition) is 1. The molecule has 2 aliphatic carbocycles. The second-order valence-corrected chi connectivity index (χ2v) is 9.40. The van der Waals surface area contributed by atoms with Gasteiger partial charge in [0.05, 0.1) is 11.2 Å². The Labute approximate surface area is 143 Å². The minimum Gasteiger partial charge on any atom is -0.317 e. The zero-order valence-corrected chi connectivity index (χ0v) is 15.0. The van der Waals surface area contributed by atoms with E-state index in [1.807, 2.05) is 6.92 Å². The van der Waals surface area contributed by atoms with E-state index in [-0.39, 0.29) is 29.9 Å². The molecular weight excluding hydrogens is 330 g/mol. The van der Waals surface area contributed by atoms with Gasteiger partial charge in [0.15, 0.2) is 0 Å². The number of hydrogen-bond acceptors (Lipinski definition) is 4. The van der Waals surface area contributed by atoms with Gasteiger partial charge in [-0.25, -0.2) is 17.9 Å². The van der Waals surface area contributed by atoms with Crippen molar-refractivity contribution in [3.63, 3.8) is 0 Å². The highest BCUT2D eigenvalue weighted by molar-refractivity contribution is 7.90. The summed E-state index contributed by atoms with van der Waals surface area (Å²) >= 11 is 0. The SMILES string of the molecule is C=CCN1C(=O)N(C)C(=O)C2CC(S(=O)(=O)NC3(C)CC3)CCC21. The highest BCUT2D eigenvalue weighted by Gasteiger charge is 2.51. The van der Waals surface area contributed by atoms with E-state index in [9.17, 15) is 18.0 Å². The summed E-state index contributed by atoms with van der Waals surface area (Å²) in [5, 5.41) is -0.577. The molecule has 1 heterocycles. The van der Waals surface area contributed by atoms with Crippen molar-refractivity contribution in [1.29, 1.82) is 0 Å². The fourth-order valence-corrected chi connectivity index (χ4v) is 5.75. The molecule has 0 spiro atoms. The number of urea groups is 1. The van der Waals surface area contributed by atoms with Gasteiger partial charge in [0.25, 0.3) is 0 Å². The number of imide groups is 1. The van der Waals surface area contributed by atoms with E-state index in [0.29, 0.717) is 19.4 Å². The molecule has 0 aromatic heterocycles. The summed E-state index contributed by atoms with van der Waals surface area (Å²) in [6.45, 7) is 5.94. The molecule has 0 aromatic carbocycles. The van der Waals surface area contributed by atoms with E-state index in [0.717, 1.165) is 17.7 Å². The highest BCUT2D eigenvalue weighted by Crippen LogP contribution is 2.39. The summed E-state index contributed by atoms with van der Waals surface area (Å²) in [6, 6.07) is -0.562. The largest absolute Gasteiger partial charge is 0.326 e. The van der Waals surface area contributed by atoms with E-state index in [4.69, 9.17) is 0 Å². The maximum absolute atomic E-state index is 12.6. The Balaban J connectivity index is 1.79. The second-order valence-electron chi connectivity index (χ2n) is 7.44. The third-order valence-corrected chi connectivity index (χ3v) is 7.58. The highest BCUT2D eigenvalue weighted by atomic mass is 32.2. The third kappa shape index (κ3) is 2.97. The van der Waals surface area contributed by atoms with Crippen LogP contribution in [0.5, 0.6) is 0 Å². The van der Waals surface area contributed by atoms with Crippen LogP contribution in [0.3, 0.4) is 0 Å². The third-order valence-electron chi connectivity index (χ3n) is 5.50. The number of sulfonamides is 1. The summed E-state index contributed by atoms with van der Waals surface area (Å²) in [6.07, 6.45) is 4.59. The molecule has 1 aliphatic heterocycles. The normalized spacial score (nSPS) is 32.5. The maximum Gasteiger partial charge on any atom is 0.326 e. The van der Waals surface area contributed by atoms with Gasteiger partial charge in [-0.3, -0.25) is 9.69 Å². The first-order valence-corrected chi connectivity index (χ1v) is 9.95. The van der Waals surface area contributed by atoms with E-state index >= 15 is 0 Å². The topological polar surface area (TPSA) is 86.8 Å². The van der Waals surface area contributed by atoms with Gasteiger partial charge in [0, 0.05) is 25.2 Å². The number of nitrogens with zero attached hydrogens (tertiary/aromatic N) is 2. The van der Waals surface area contributed by atoms with Gasteiger partial charge >= 0.3 is 6.03 Å². The molecule has 0 radical (unpaired) electrons. The van der Waals surface area contributed by atoms with Crippen LogP contribution < -0.4 is 4.72 Å². The van der Waals surface area contributed by atoms with Crippen molar-refractivity contribution >= 4 is 22.0 Å². The summed E-state index contributed by atoms with van der Waals surface area (Å²) in [5.74, 6) is -0.738. The molecule has 0 aromatic rings. The van der Waals surface area contributed by atoms with Crippen LogP contribution in [0.4, 0.5) is 4.79 Å². The molecule has 1 N–H and O–H groups in total. The molecule has 3 amide bonds. The number of carbonyl (C=O) groups is 2. The fourth-order valence-electron chi connectivity index (χ4n) is 3.78. The van der Waals surface area contributed by atoms with Crippen LogP contribution in [0.15, 0.2) is 12.7 Å². The molecule has 0 bridgehead atoms. The smallest absolute Gasteiger partial charge is 0.317 e. The van der Waals surface area contributed by atoms with Crippen LogP contribution in [0.1, 0.15) is 39.0 Å².